The number of rotatable bonds is 3. The third-order valence-electron chi connectivity index (χ3n) is 3.14. The highest BCUT2D eigenvalue weighted by molar-refractivity contribution is 5.67. The number of nitrogens with zero attached hydrogens (tertiary/aromatic N) is 5. The van der Waals surface area contributed by atoms with Gasteiger partial charge in [-0.15, -0.1) is 0 Å². The average molecular weight is 281 g/mol. The van der Waals surface area contributed by atoms with E-state index in [2.05, 4.69) is 25.5 Å². The molecular formula is C14H15N7. The molecule has 21 heavy (non-hydrogen) atoms. The lowest BCUT2D eigenvalue weighted by Gasteiger charge is -2.08. The number of nitrogens with two attached hydrogens (primary N) is 1. The standard InChI is InChI=1S/C14H15N7/c1-9-6-16-4-3-11(9)14-18-12(5-13(19-14)20-15)10-7-17-21(2)8-10/h3-8H,15H2,1-2H3,(H,18,19,20). The number of nitrogen functional groups attached to an aromatic ring is 1. The summed E-state index contributed by atoms with van der Waals surface area (Å²) >= 11 is 0. The molecule has 3 aromatic rings. The van der Waals surface area contributed by atoms with Crippen LogP contribution in [0.4, 0.5) is 5.82 Å². The Hall–Kier alpha value is -2.80. The van der Waals surface area contributed by atoms with Crippen LogP contribution in [0.2, 0.25) is 0 Å². The summed E-state index contributed by atoms with van der Waals surface area (Å²) in [6.45, 7) is 1.97. The largest absolute Gasteiger partial charge is 0.308 e. The zero-order valence-electron chi connectivity index (χ0n) is 11.8. The van der Waals surface area contributed by atoms with Crippen LogP contribution in [0.5, 0.6) is 0 Å². The number of pyridine rings is 1. The number of aromatic nitrogens is 5. The van der Waals surface area contributed by atoms with Crippen LogP contribution < -0.4 is 11.3 Å². The molecule has 3 heterocycles. The van der Waals surface area contributed by atoms with E-state index in [0.717, 1.165) is 22.4 Å². The molecule has 0 saturated heterocycles. The first-order valence-electron chi connectivity index (χ1n) is 6.43. The fourth-order valence-electron chi connectivity index (χ4n) is 2.07. The Labute approximate surface area is 121 Å². The number of nitrogens with one attached hydrogen (secondary N) is 1. The number of hydrazine groups is 1. The quantitative estimate of drug-likeness (QED) is 0.558. The molecule has 7 heteroatoms. The second-order valence-corrected chi connectivity index (χ2v) is 4.70. The van der Waals surface area contributed by atoms with Gasteiger partial charge in [-0.2, -0.15) is 5.10 Å². The summed E-state index contributed by atoms with van der Waals surface area (Å²) in [6.07, 6.45) is 7.15. The minimum Gasteiger partial charge on any atom is -0.308 e. The predicted octanol–water partition coefficient (Wildman–Crippen LogP) is 1.53. The number of hydrogen-bond donors (Lipinski definition) is 2. The summed E-state index contributed by atoms with van der Waals surface area (Å²) in [7, 11) is 1.86. The predicted molar refractivity (Wildman–Crippen MR) is 80.0 cm³/mol. The van der Waals surface area contributed by atoms with Gasteiger partial charge in [0.2, 0.25) is 0 Å². The molecule has 0 atom stereocenters. The van der Waals surface area contributed by atoms with Gasteiger partial charge in [0.25, 0.3) is 0 Å². The fourth-order valence-corrected chi connectivity index (χ4v) is 2.07. The van der Waals surface area contributed by atoms with Gasteiger partial charge in [-0.3, -0.25) is 9.67 Å². The van der Waals surface area contributed by atoms with Crippen LogP contribution in [0, 0.1) is 6.92 Å². The topological polar surface area (TPSA) is 94.5 Å². The molecule has 0 spiro atoms. The first-order valence-corrected chi connectivity index (χ1v) is 6.43. The Kier molecular flexibility index (Phi) is 3.33. The van der Waals surface area contributed by atoms with Crippen molar-refractivity contribution in [3.63, 3.8) is 0 Å². The molecule has 0 saturated carbocycles. The molecule has 0 radical (unpaired) electrons. The second-order valence-electron chi connectivity index (χ2n) is 4.70. The zero-order valence-corrected chi connectivity index (χ0v) is 11.8. The molecule has 0 aromatic carbocycles. The van der Waals surface area contributed by atoms with Crippen molar-refractivity contribution in [2.24, 2.45) is 12.9 Å². The monoisotopic (exact) mass is 281 g/mol. The molecule has 0 aliphatic heterocycles. The zero-order chi connectivity index (χ0) is 14.8. The average Bonchev–Trinajstić information content (AvgIpc) is 2.94. The molecule has 106 valence electrons. The van der Waals surface area contributed by atoms with E-state index < -0.39 is 0 Å². The minimum atomic E-state index is 0.551. The van der Waals surface area contributed by atoms with Crippen LogP contribution in [-0.2, 0) is 7.05 Å². The highest BCUT2D eigenvalue weighted by Crippen LogP contribution is 2.25. The fraction of sp³-hybridized carbons (Fsp3) is 0.143. The summed E-state index contributed by atoms with van der Waals surface area (Å²) in [6, 6.07) is 3.68. The third-order valence-corrected chi connectivity index (χ3v) is 3.14. The molecule has 0 bridgehead atoms. The van der Waals surface area contributed by atoms with E-state index in [1.807, 2.05) is 26.2 Å². The van der Waals surface area contributed by atoms with Gasteiger partial charge in [-0.25, -0.2) is 15.8 Å². The van der Waals surface area contributed by atoms with Gasteiger partial charge in [0, 0.05) is 42.8 Å². The van der Waals surface area contributed by atoms with Crippen molar-refractivity contribution in [2.45, 2.75) is 6.92 Å². The molecule has 7 nitrogen and oxygen atoms in total. The maximum Gasteiger partial charge on any atom is 0.162 e. The maximum absolute atomic E-state index is 5.51. The Bertz CT molecular complexity index is 778. The van der Waals surface area contributed by atoms with Gasteiger partial charge in [0.05, 0.1) is 11.9 Å². The van der Waals surface area contributed by atoms with E-state index >= 15 is 0 Å². The van der Waals surface area contributed by atoms with Gasteiger partial charge in [-0.1, -0.05) is 0 Å². The lowest BCUT2D eigenvalue weighted by molar-refractivity contribution is 0.768. The van der Waals surface area contributed by atoms with E-state index in [4.69, 9.17) is 5.84 Å². The Morgan fingerprint density at radius 2 is 2.10 bits per heavy atom. The highest BCUT2D eigenvalue weighted by atomic mass is 15.3. The van der Waals surface area contributed by atoms with E-state index in [-0.39, 0.29) is 0 Å². The minimum absolute atomic E-state index is 0.551. The van der Waals surface area contributed by atoms with E-state index in [9.17, 15) is 0 Å². The molecule has 0 aliphatic rings. The Balaban J connectivity index is 2.16. The van der Waals surface area contributed by atoms with E-state index in [0.29, 0.717) is 11.6 Å². The molecule has 3 N–H and O–H groups in total. The first kappa shape index (κ1) is 13.2. The van der Waals surface area contributed by atoms with Crippen LogP contribution in [0.1, 0.15) is 5.56 Å². The Morgan fingerprint density at radius 1 is 1.24 bits per heavy atom. The summed E-state index contributed by atoms with van der Waals surface area (Å²) in [5, 5.41) is 4.16. The van der Waals surface area contributed by atoms with Crippen molar-refractivity contribution in [2.75, 3.05) is 5.43 Å². The van der Waals surface area contributed by atoms with Gasteiger partial charge in [0.15, 0.2) is 5.82 Å². The Morgan fingerprint density at radius 3 is 2.76 bits per heavy atom. The molecular weight excluding hydrogens is 266 g/mol. The van der Waals surface area contributed by atoms with Gasteiger partial charge in [-0.05, 0) is 18.6 Å². The molecule has 0 unspecified atom stereocenters. The van der Waals surface area contributed by atoms with Gasteiger partial charge < -0.3 is 5.43 Å². The summed E-state index contributed by atoms with van der Waals surface area (Å²) in [5.41, 5.74) is 6.17. The van der Waals surface area contributed by atoms with Crippen molar-refractivity contribution >= 4 is 5.82 Å². The lowest BCUT2D eigenvalue weighted by Crippen LogP contribution is -2.10. The van der Waals surface area contributed by atoms with Crippen molar-refractivity contribution < 1.29 is 0 Å². The van der Waals surface area contributed by atoms with Crippen LogP contribution in [0.3, 0.4) is 0 Å². The van der Waals surface area contributed by atoms with Crippen molar-refractivity contribution in [3.05, 3.63) is 42.5 Å². The van der Waals surface area contributed by atoms with Gasteiger partial charge >= 0.3 is 0 Å². The molecule has 0 fully saturated rings. The number of aryl methyl sites for hydroxylation is 2. The smallest absolute Gasteiger partial charge is 0.162 e. The highest BCUT2D eigenvalue weighted by Gasteiger charge is 2.11. The number of anilines is 1. The molecule has 3 aromatic heterocycles. The van der Waals surface area contributed by atoms with Crippen LogP contribution in [-0.4, -0.2) is 24.7 Å². The lowest BCUT2D eigenvalue weighted by atomic mass is 10.1. The summed E-state index contributed by atoms with van der Waals surface area (Å²) in [5.74, 6) is 6.67. The van der Waals surface area contributed by atoms with Crippen LogP contribution in [0.25, 0.3) is 22.6 Å². The number of hydrogen-bond acceptors (Lipinski definition) is 6. The first-order chi connectivity index (χ1) is 10.2. The summed E-state index contributed by atoms with van der Waals surface area (Å²) < 4.78 is 1.73. The SMILES string of the molecule is Cc1cnccc1-c1nc(NN)cc(-c2cnn(C)c2)n1. The van der Waals surface area contributed by atoms with Crippen LogP contribution >= 0.6 is 0 Å². The normalized spacial score (nSPS) is 10.6. The molecule has 3 rings (SSSR count). The summed E-state index contributed by atoms with van der Waals surface area (Å²) in [4.78, 5) is 13.1. The van der Waals surface area contributed by atoms with Crippen molar-refractivity contribution in [1.29, 1.82) is 0 Å². The molecule has 0 amide bonds. The second kappa shape index (κ2) is 5.29. The van der Waals surface area contributed by atoms with Crippen LogP contribution in [0.15, 0.2) is 36.9 Å². The van der Waals surface area contributed by atoms with Gasteiger partial charge in [0.1, 0.15) is 5.82 Å². The maximum atomic E-state index is 5.51. The van der Waals surface area contributed by atoms with Crippen molar-refractivity contribution in [3.8, 4) is 22.6 Å². The van der Waals surface area contributed by atoms with Crippen molar-refractivity contribution in [1.82, 2.24) is 24.7 Å². The van der Waals surface area contributed by atoms with E-state index in [1.165, 1.54) is 0 Å². The molecule has 0 aliphatic carbocycles. The third kappa shape index (κ3) is 2.59. The van der Waals surface area contributed by atoms with E-state index in [1.54, 1.807) is 29.3 Å².